The fourth-order valence-electron chi connectivity index (χ4n) is 3.81. The molecule has 0 radical (unpaired) electrons. The first-order valence-corrected chi connectivity index (χ1v) is 10.5. The minimum absolute atomic E-state index is 0.0868. The highest BCUT2D eigenvalue weighted by atomic mass is 32.1. The number of amides is 1. The minimum atomic E-state index is -0.443. The zero-order chi connectivity index (χ0) is 19.7. The van der Waals surface area contributed by atoms with Crippen molar-refractivity contribution >= 4 is 28.2 Å². The van der Waals surface area contributed by atoms with Crippen molar-refractivity contribution in [2.24, 2.45) is 0 Å². The number of hydrogen-bond acceptors (Lipinski definition) is 7. The molecule has 2 aliphatic rings. The third kappa shape index (κ3) is 3.93. The topological polar surface area (TPSA) is 84.4 Å². The smallest absolute Gasteiger partial charge is 0.240 e. The van der Waals surface area contributed by atoms with Crippen molar-refractivity contribution in [1.29, 1.82) is 0 Å². The van der Waals surface area contributed by atoms with Gasteiger partial charge in [0, 0.05) is 25.9 Å². The average molecular weight is 401 g/mol. The number of fused-ring (bicyclic) bond motifs is 1. The van der Waals surface area contributed by atoms with Crippen LogP contribution in [0.2, 0.25) is 0 Å². The molecule has 3 heterocycles. The van der Waals surface area contributed by atoms with Crippen molar-refractivity contribution in [2.45, 2.75) is 45.1 Å². The second kappa shape index (κ2) is 7.60. The molecule has 8 heteroatoms. The second-order valence-electron chi connectivity index (χ2n) is 7.56. The summed E-state index contributed by atoms with van der Waals surface area (Å²) in [6.45, 7) is 5.73. The van der Waals surface area contributed by atoms with Gasteiger partial charge in [-0.25, -0.2) is 0 Å². The number of likely N-dealkylation sites (tertiary alicyclic amines) is 1. The van der Waals surface area contributed by atoms with Crippen LogP contribution in [-0.4, -0.2) is 52.0 Å². The van der Waals surface area contributed by atoms with E-state index in [4.69, 9.17) is 4.74 Å². The van der Waals surface area contributed by atoms with Gasteiger partial charge in [-0.1, -0.05) is 29.9 Å². The quantitative estimate of drug-likeness (QED) is 0.850. The van der Waals surface area contributed by atoms with Gasteiger partial charge < -0.3 is 4.74 Å². The predicted octanol–water partition coefficient (Wildman–Crippen LogP) is 2.85. The molecule has 1 saturated heterocycles. The number of hydrogen-bond donors (Lipinski definition) is 1. The summed E-state index contributed by atoms with van der Waals surface area (Å²) in [6.07, 6.45) is 2.69. The monoisotopic (exact) mass is 400 g/mol. The normalized spacial score (nSPS) is 18.6. The zero-order valence-electron chi connectivity index (χ0n) is 16.2. The number of ether oxygens (including phenoxy) is 1. The number of ketones is 1. The molecule has 1 fully saturated rings. The van der Waals surface area contributed by atoms with Gasteiger partial charge in [0.2, 0.25) is 11.0 Å². The van der Waals surface area contributed by atoms with Gasteiger partial charge in [-0.05, 0) is 25.5 Å². The first-order valence-electron chi connectivity index (χ1n) is 9.64. The molecule has 1 spiro atoms. The Morgan fingerprint density at radius 1 is 1.32 bits per heavy atom. The molecule has 1 aromatic carbocycles. The Morgan fingerprint density at radius 3 is 2.82 bits per heavy atom. The van der Waals surface area contributed by atoms with E-state index < -0.39 is 5.60 Å². The number of nitrogens with zero attached hydrogens (tertiary/aromatic N) is 3. The lowest BCUT2D eigenvalue weighted by atomic mass is 9.82. The highest BCUT2D eigenvalue weighted by Crippen LogP contribution is 2.39. The number of aryl methyl sites for hydroxylation is 2. The van der Waals surface area contributed by atoms with Crippen molar-refractivity contribution < 1.29 is 14.3 Å². The Labute approximate surface area is 168 Å². The van der Waals surface area contributed by atoms with Crippen LogP contribution >= 0.6 is 11.3 Å². The second-order valence-corrected chi connectivity index (χ2v) is 8.63. The van der Waals surface area contributed by atoms with Crippen molar-refractivity contribution in [1.82, 2.24) is 15.1 Å². The molecule has 1 aromatic heterocycles. The molecule has 0 saturated carbocycles. The molecule has 2 aliphatic heterocycles. The number of anilines is 1. The maximum absolute atomic E-state index is 12.6. The lowest BCUT2D eigenvalue weighted by Crippen LogP contribution is -2.52. The van der Waals surface area contributed by atoms with E-state index in [9.17, 15) is 9.59 Å². The minimum Gasteiger partial charge on any atom is -0.486 e. The van der Waals surface area contributed by atoms with E-state index in [0.717, 1.165) is 42.9 Å². The molecule has 1 N–H and O–H groups in total. The van der Waals surface area contributed by atoms with E-state index >= 15 is 0 Å². The van der Waals surface area contributed by atoms with Crippen molar-refractivity contribution in [3.8, 4) is 5.75 Å². The summed E-state index contributed by atoms with van der Waals surface area (Å²) in [5.41, 5.74) is 1.31. The van der Waals surface area contributed by atoms with E-state index in [1.807, 2.05) is 32.0 Å². The van der Waals surface area contributed by atoms with Crippen LogP contribution in [0.3, 0.4) is 0 Å². The number of rotatable bonds is 4. The molecule has 0 unspecified atom stereocenters. The lowest BCUT2D eigenvalue weighted by molar-refractivity contribution is -0.118. The molecule has 148 valence electrons. The van der Waals surface area contributed by atoms with Crippen molar-refractivity contribution in [3.05, 3.63) is 34.3 Å². The summed E-state index contributed by atoms with van der Waals surface area (Å²) < 4.78 is 6.29. The van der Waals surface area contributed by atoms with Crippen LogP contribution in [0.4, 0.5) is 5.13 Å². The molecular weight excluding hydrogens is 376 g/mol. The van der Waals surface area contributed by atoms with E-state index in [2.05, 4.69) is 20.4 Å². The first-order chi connectivity index (χ1) is 13.5. The fourth-order valence-corrected chi connectivity index (χ4v) is 4.51. The van der Waals surface area contributed by atoms with Gasteiger partial charge in [0.1, 0.15) is 16.4 Å². The SMILES string of the molecule is CCc1nnc(NC(=O)CN2CCC3(CC2)CC(=O)c2cc(C)ccc2O3)s1. The number of nitrogens with one attached hydrogen (secondary N) is 1. The third-order valence-corrected chi connectivity index (χ3v) is 6.38. The Kier molecular flexibility index (Phi) is 5.16. The van der Waals surface area contributed by atoms with Gasteiger partial charge in [0.25, 0.3) is 0 Å². The molecule has 4 rings (SSSR count). The number of aromatic nitrogens is 2. The molecular formula is C20H24N4O3S. The molecule has 0 atom stereocenters. The number of carbonyl (C=O) groups excluding carboxylic acids is 2. The first kappa shape index (κ1) is 19.0. The number of piperidine rings is 1. The van der Waals surface area contributed by atoms with Gasteiger partial charge >= 0.3 is 0 Å². The summed E-state index contributed by atoms with van der Waals surface area (Å²) in [5, 5.41) is 12.3. The van der Waals surface area contributed by atoms with Gasteiger partial charge in [0.05, 0.1) is 18.5 Å². The number of Topliss-reactive ketones (excluding diaryl/α,β-unsaturated/α-hetero) is 1. The molecule has 0 bridgehead atoms. The van der Waals surface area contributed by atoms with Crippen LogP contribution < -0.4 is 10.1 Å². The Hall–Kier alpha value is -2.32. The van der Waals surface area contributed by atoms with Crippen LogP contribution in [-0.2, 0) is 11.2 Å². The Morgan fingerprint density at radius 2 is 2.11 bits per heavy atom. The van der Waals surface area contributed by atoms with E-state index in [-0.39, 0.29) is 11.7 Å². The van der Waals surface area contributed by atoms with Gasteiger partial charge in [-0.3, -0.25) is 19.8 Å². The van der Waals surface area contributed by atoms with Crippen molar-refractivity contribution in [2.75, 3.05) is 25.0 Å². The lowest BCUT2D eigenvalue weighted by Gasteiger charge is -2.43. The maximum atomic E-state index is 12.6. The third-order valence-electron chi connectivity index (χ3n) is 5.39. The number of benzene rings is 1. The fraction of sp³-hybridized carbons (Fsp3) is 0.500. The summed E-state index contributed by atoms with van der Waals surface area (Å²) >= 11 is 1.41. The highest BCUT2D eigenvalue weighted by Gasteiger charge is 2.43. The van der Waals surface area contributed by atoms with Crippen LogP contribution in [0.25, 0.3) is 0 Å². The van der Waals surface area contributed by atoms with Gasteiger partial charge in [-0.2, -0.15) is 0 Å². The summed E-state index contributed by atoms with van der Waals surface area (Å²) in [5.74, 6) is 0.756. The van der Waals surface area contributed by atoms with Gasteiger partial charge in [-0.15, -0.1) is 10.2 Å². The molecule has 7 nitrogen and oxygen atoms in total. The van der Waals surface area contributed by atoms with E-state index in [1.165, 1.54) is 11.3 Å². The van der Waals surface area contributed by atoms with Gasteiger partial charge in [0.15, 0.2) is 5.78 Å². The predicted molar refractivity (Wildman–Crippen MR) is 107 cm³/mol. The van der Waals surface area contributed by atoms with Crippen LogP contribution in [0.1, 0.15) is 47.1 Å². The number of carbonyl (C=O) groups is 2. The Balaban J connectivity index is 1.33. The standard InChI is InChI=1S/C20H24N4O3S/c1-3-18-22-23-19(28-18)21-17(26)12-24-8-6-20(7-9-24)11-15(25)14-10-13(2)4-5-16(14)27-20/h4-5,10H,3,6-9,11-12H2,1-2H3,(H,21,23,26). The average Bonchev–Trinajstić information content (AvgIpc) is 3.12. The van der Waals surface area contributed by atoms with E-state index in [1.54, 1.807) is 0 Å². The molecule has 0 aliphatic carbocycles. The molecule has 28 heavy (non-hydrogen) atoms. The summed E-state index contributed by atoms with van der Waals surface area (Å²) in [4.78, 5) is 27.0. The molecule has 1 amide bonds. The summed E-state index contributed by atoms with van der Waals surface area (Å²) in [7, 11) is 0. The largest absolute Gasteiger partial charge is 0.486 e. The maximum Gasteiger partial charge on any atom is 0.240 e. The molecule has 2 aromatic rings. The Bertz CT molecular complexity index is 903. The van der Waals surface area contributed by atoms with E-state index in [0.29, 0.717) is 29.4 Å². The summed E-state index contributed by atoms with van der Waals surface area (Å²) in [6, 6.07) is 5.78. The van der Waals surface area contributed by atoms with Crippen LogP contribution in [0.5, 0.6) is 5.75 Å². The van der Waals surface area contributed by atoms with Crippen LogP contribution in [0, 0.1) is 6.92 Å². The zero-order valence-corrected chi connectivity index (χ0v) is 17.0. The van der Waals surface area contributed by atoms with Crippen LogP contribution in [0.15, 0.2) is 18.2 Å². The van der Waals surface area contributed by atoms with Crippen molar-refractivity contribution in [3.63, 3.8) is 0 Å². The highest BCUT2D eigenvalue weighted by molar-refractivity contribution is 7.15.